The maximum absolute atomic E-state index is 10.8. The number of nitrogens with one attached hydrogen (secondary N) is 2. The Hall–Kier alpha value is -1.42. The first-order valence-electron chi connectivity index (χ1n) is 8.55. The van der Waals surface area contributed by atoms with Crippen LogP contribution in [0.3, 0.4) is 0 Å². The van der Waals surface area contributed by atoms with Crippen LogP contribution in [0.25, 0.3) is 0 Å². The molecule has 0 atom stereocenters. The minimum atomic E-state index is -0.374. The molecule has 0 saturated carbocycles. The number of non-ortho nitro benzene ring substituents is 1. The van der Waals surface area contributed by atoms with E-state index in [1.54, 1.807) is 19.2 Å². The van der Waals surface area contributed by atoms with Gasteiger partial charge in [-0.2, -0.15) is 0 Å². The van der Waals surface area contributed by atoms with Crippen molar-refractivity contribution in [2.45, 2.75) is 38.8 Å². The first kappa shape index (κ1) is 21.6. The number of aliphatic imine (C=N–C) groups is 1. The molecule has 1 saturated heterocycles. The normalized spacial score (nSPS) is 16.2. The van der Waals surface area contributed by atoms with Crippen LogP contribution >= 0.6 is 24.0 Å². The molecule has 7 nitrogen and oxygen atoms in total. The van der Waals surface area contributed by atoms with Gasteiger partial charge in [-0.25, -0.2) is 0 Å². The highest BCUT2D eigenvalue weighted by atomic mass is 127. The number of piperidine rings is 1. The topological polar surface area (TPSA) is 82.8 Å². The van der Waals surface area contributed by atoms with Crippen LogP contribution in [0.5, 0.6) is 0 Å². The highest BCUT2D eigenvalue weighted by molar-refractivity contribution is 14.0. The van der Waals surface area contributed by atoms with Crippen molar-refractivity contribution in [2.75, 3.05) is 26.7 Å². The van der Waals surface area contributed by atoms with Gasteiger partial charge in [0.25, 0.3) is 5.69 Å². The summed E-state index contributed by atoms with van der Waals surface area (Å²) in [6.45, 7) is 6.13. The van der Waals surface area contributed by atoms with Crippen molar-refractivity contribution < 1.29 is 4.92 Å². The lowest BCUT2D eigenvalue weighted by molar-refractivity contribution is -0.384. The Kier molecular flexibility index (Phi) is 9.73. The molecule has 25 heavy (non-hydrogen) atoms. The Balaban J connectivity index is 0.00000312. The van der Waals surface area contributed by atoms with Crippen LogP contribution in [-0.4, -0.2) is 48.5 Å². The largest absolute Gasteiger partial charge is 0.354 e. The van der Waals surface area contributed by atoms with Crippen molar-refractivity contribution in [3.63, 3.8) is 0 Å². The molecule has 1 heterocycles. The Morgan fingerprint density at radius 1 is 1.40 bits per heavy atom. The van der Waals surface area contributed by atoms with Gasteiger partial charge in [0.05, 0.1) is 4.92 Å². The zero-order valence-electron chi connectivity index (χ0n) is 14.9. The van der Waals surface area contributed by atoms with Gasteiger partial charge in [0.1, 0.15) is 0 Å². The monoisotopic (exact) mass is 461 g/mol. The van der Waals surface area contributed by atoms with E-state index in [1.807, 2.05) is 6.07 Å². The van der Waals surface area contributed by atoms with Gasteiger partial charge >= 0.3 is 0 Å². The van der Waals surface area contributed by atoms with Crippen LogP contribution in [0.15, 0.2) is 29.3 Å². The van der Waals surface area contributed by atoms with E-state index < -0.39 is 0 Å². The molecule has 2 rings (SSSR count). The number of likely N-dealkylation sites (tertiary alicyclic amines) is 1. The molecular weight excluding hydrogens is 433 g/mol. The smallest absolute Gasteiger partial charge is 0.269 e. The molecule has 0 aromatic heterocycles. The Labute approximate surface area is 166 Å². The molecule has 1 aliphatic rings. The van der Waals surface area contributed by atoms with Crippen molar-refractivity contribution >= 4 is 35.6 Å². The zero-order valence-corrected chi connectivity index (χ0v) is 17.2. The van der Waals surface area contributed by atoms with E-state index in [-0.39, 0.29) is 34.6 Å². The minimum absolute atomic E-state index is 0. The molecule has 1 aromatic carbocycles. The van der Waals surface area contributed by atoms with Gasteiger partial charge in [-0.1, -0.05) is 19.1 Å². The molecule has 0 unspecified atom stereocenters. The summed E-state index contributed by atoms with van der Waals surface area (Å²) in [4.78, 5) is 17.2. The van der Waals surface area contributed by atoms with E-state index >= 15 is 0 Å². The van der Waals surface area contributed by atoms with E-state index in [2.05, 4.69) is 27.4 Å². The molecule has 0 bridgehead atoms. The number of guanidine groups is 1. The van der Waals surface area contributed by atoms with Crippen LogP contribution in [0.4, 0.5) is 5.69 Å². The first-order chi connectivity index (χ1) is 11.6. The van der Waals surface area contributed by atoms with Crippen molar-refractivity contribution in [3.8, 4) is 0 Å². The van der Waals surface area contributed by atoms with Gasteiger partial charge in [-0.15, -0.1) is 24.0 Å². The maximum Gasteiger partial charge on any atom is 0.269 e. The van der Waals surface area contributed by atoms with Gasteiger partial charge in [0.15, 0.2) is 5.96 Å². The summed E-state index contributed by atoms with van der Waals surface area (Å²) < 4.78 is 0. The van der Waals surface area contributed by atoms with Crippen LogP contribution in [0, 0.1) is 10.1 Å². The SMILES string of the molecule is CCCN1CCC(NC(=NC)NCc2cccc([N+](=O)[O-])c2)CC1.I. The number of rotatable bonds is 6. The number of nitro groups is 1. The number of hydrogen-bond donors (Lipinski definition) is 2. The number of benzene rings is 1. The van der Waals surface area contributed by atoms with Gasteiger partial charge in [-0.3, -0.25) is 15.1 Å². The molecule has 1 aromatic rings. The van der Waals surface area contributed by atoms with Crippen molar-refractivity contribution in [1.82, 2.24) is 15.5 Å². The van der Waals surface area contributed by atoms with E-state index in [1.165, 1.54) is 19.0 Å². The lowest BCUT2D eigenvalue weighted by Gasteiger charge is -2.32. The number of hydrogen-bond acceptors (Lipinski definition) is 4. The average molecular weight is 461 g/mol. The third-order valence-corrected chi connectivity index (χ3v) is 4.27. The number of halogens is 1. The second-order valence-electron chi connectivity index (χ2n) is 6.11. The molecule has 8 heteroatoms. The molecular formula is C17H28IN5O2. The van der Waals surface area contributed by atoms with E-state index in [0.29, 0.717) is 12.6 Å². The van der Waals surface area contributed by atoms with Crippen molar-refractivity contribution in [2.24, 2.45) is 4.99 Å². The molecule has 1 fully saturated rings. The van der Waals surface area contributed by atoms with Crippen LogP contribution in [0.2, 0.25) is 0 Å². The fourth-order valence-corrected chi connectivity index (χ4v) is 2.97. The lowest BCUT2D eigenvalue weighted by Crippen LogP contribution is -2.48. The van der Waals surface area contributed by atoms with Crippen LogP contribution in [0.1, 0.15) is 31.7 Å². The predicted molar refractivity (Wildman–Crippen MR) is 112 cm³/mol. The molecule has 0 amide bonds. The highest BCUT2D eigenvalue weighted by Crippen LogP contribution is 2.13. The molecule has 140 valence electrons. The minimum Gasteiger partial charge on any atom is -0.354 e. The Morgan fingerprint density at radius 2 is 2.12 bits per heavy atom. The van der Waals surface area contributed by atoms with Crippen LogP contribution in [-0.2, 0) is 6.54 Å². The third kappa shape index (κ3) is 7.15. The third-order valence-electron chi connectivity index (χ3n) is 4.27. The highest BCUT2D eigenvalue weighted by Gasteiger charge is 2.19. The van der Waals surface area contributed by atoms with Gasteiger partial charge in [0.2, 0.25) is 0 Å². The standard InChI is InChI=1S/C17H27N5O2.HI/c1-3-9-21-10-7-15(8-11-21)20-17(18-2)19-13-14-5-4-6-16(12-14)22(23)24;/h4-6,12,15H,3,7-11,13H2,1-2H3,(H2,18,19,20);1H. The van der Waals surface area contributed by atoms with Crippen LogP contribution < -0.4 is 10.6 Å². The van der Waals surface area contributed by atoms with E-state index in [4.69, 9.17) is 0 Å². The van der Waals surface area contributed by atoms with Gasteiger partial charge in [-0.05, 0) is 31.4 Å². The summed E-state index contributed by atoms with van der Waals surface area (Å²) in [5.74, 6) is 0.746. The zero-order chi connectivity index (χ0) is 17.4. The first-order valence-corrected chi connectivity index (χ1v) is 8.55. The van der Waals surface area contributed by atoms with Gasteiger partial charge < -0.3 is 15.5 Å². The fraction of sp³-hybridized carbons (Fsp3) is 0.588. The number of nitrogens with zero attached hydrogens (tertiary/aromatic N) is 3. The average Bonchev–Trinajstić information content (AvgIpc) is 2.60. The Bertz CT molecular complexity index is 574. The summed E-state index contributed by atoms with van der Waals surface area (Å²) in [7, 11) is 1.75. The molecule has 0 spiro atoms. The second-order valence-corrected chi connectivity index (χ2v) is 6.11. The van der Waals surface area contributed by atoms with Crippen molar-refractivity contribution in [1.29, 1.82) is 0 Å². The van der Waals surface area contributed by atoms with E-state index in [9.17, 15) is 10.1 Å². The molecule has 0 radical (unpaired) electrons. The van der Waals surface area contributed by atoms with Crippen molar-refractivity contribution in [3.05, 3.63) is 39.9 Å². The van der Waals surface area contributed by atoms with E-state index in [0.717, 1.165) is 37.5 Å². The quantitative estimate of drug-likeness (QED) is 0.224. The fourth-order valence-electron chi connectivity index (χ4n) is 2.97. The summed E-state index contributed by atoms with van der Waals surface area (Å²) in [5, 5.41) is 17.5. The lowest BCUT2D eigenvalue weighted by atomic mass is 10.1. The Morgan fingerprint density at radius 3 is 2.72 bits per heavy atom. The molecule has 0 aliphatic carbocycles. The molecule has 2 N–H and O–H groups in total. The molecule has 1 aliphatic heterocycles. The summed E-state index contributed by atoms with van der Waals surface area (Å²) in [5.41, 5.74) is 0.977. The maximum atomic E-state index is 10.8. The summed E-state index contributed by atoms with van der Waals surface area (Å²) in [6, 6.07) is 7.09. The number of nitro benzene ring substituents is 1. The predicted octanol–water partition coefficient (Wildman–Crippen LogP) is 2.75. The summed E-state index contributed by atoms with van der Waals surface area (Å²) in [6.07, 6.45) is 3.42. The van der Waals surface area contributed by atoms with Gasteiger partial charge in [0, 0.05) is 44.9 Å². The summed E-state index contributed by atoms with van der Waals surface area (Å²) >= 11 is 0. The second kappa shape index (κ2) is 11.2.